The number of carbonyl (C=O) groups excluding carboxylic acids is 1. The third kappa shape index (κ3) is 6.92. The number of rotatable bonds is 8. The van der Waals surface area contributed by atoms with E-state index < -0.39 is 49.5 Å². The fourth-order valence-corrected chi connectivity index (χ4v) is 4.88. The highest BCUT2D eigenvalue weighted by molar-refractivity contribution is 7.90. The van der Waals surface area contributed by atoms with Crippen LogP contribution < -0.4 is 10.0 Å². The van der Waals surface area contributed by atoms with Crippen LogP contribution in [0.25, 0.3) is 0 Å². The lowest BCUT2D eigenvalue weighted by Crippen LogP contribution is -2.41. The third-order valence-corrected chi connectivity index (χ3v) is 7.16. The predicted octanol–water partition coefficient (Wildman–Crippen LogP) is 2.99. The second-order valence-corrected chi connectivity index (χ2v) is 12.0. The van der Waals surface area contributed by atoms with Gasteiger partial charge in [0.05, 0.1) is 24.8 Å². The molecule has 1 aliphatic heterocycles. The van der Waals surface area contributed by atoms with Crippen molar-refractivity contribution >= 4 is 27.8 Å². The zero-order valence-corrected chi connectivity index (χ0v) is 22.2. The van der Waals surface area contributed by atoms with Crippen molar-refractivity contribution in [1.29, 1.82) is 0 Å². The molecule has 2 aromatic rings. The smallest absolute Gasteiger partial charge is 0.407 e. The number of likely N-dealkylation sites (tertiary alicyclic amines) is 1. The fraction of sp³-hybridized carbons (Fsp3) is 0.500. The van der Waals surface area contributed by atoms with Crippen molar-refractivity contribution in [3.05, 3.63) is 47.5 Å². The lowest BCUT2D eigenvalue weighted by molar-refractivity contribution is 0.0655. The summed E-state index contributed by atoms with van der Waals surface area (Å²) in [5, 5.41) is 11.8. The van der Waals surface area contributed by atoms with E-state index in [0.29, 0.717) is 12.1 Å². The van der Waals surface area contributed by atoms with Crippen molar-refractivity contribution < 1.29 is 32.2 Å². The number of aromatic nitrogens is 2. The quantitative estimate of drug-likeness (QED) is 0.341. The van der Waals surface area contributed by atoms with Crippen LogP contribution in [0.15, 0.2) is 35.4 Å². The van der Waals surface area contributed by atoms with Gasteiger partial charge in [-0.3, -0.25) is 4.79 Å². The van der Waals surface area contributed by atoms with Gasteiger partial charge < -0.3 is 20.1 Å². The highest BCUT2D eigenvalue weighted by Crippen LogP contribution is 2.30. The van der Waals surface area contributed by atoms with Gasteiger partial charge in [-0.25, -0.2) is 19.5 Å². The second kappa shape index (κ2) is 10.6. The minimum absolute atomic E-state index is 0.222. The van der Waals surface area contributed by atoms with Crippen LogP contribution in [0.4, 0.5) is 15.0 Å². The summed E-state index contributed by atoms with van der Waals surface area (Å²) in [7, 11) is -4.39. The van der Waals surface area contributed by atoms with Gasteiger partial charge in [0, 0.05) is 23.2 Å². The molecule has 1 saturated heterocycles. The van der Waals surface area contributed by atoms with Gasteiger partial charge in [-0.15, -0.1) is 0 Å². The SMILES string of the molecule is CC(C)(C)c1ccc(C(=O)NS(=O)(=O)c2cccc(NCCOC3CN(C(=O)O)C(C)(C)C3)n2)c(F)n1. The van der Waals surface area contributed by atoms with Gasteiger partial charge in [-0.2, -0.15) is 12.8 Å². The van der Waals surface area contributed by atoms with E-state index in [1.165, 1.54) is 29.2 Å². The maximum atomic E-state index is 14.4. The first-order valence-electron chi connectivity index (χ1n) is 11.7. The minimum atomic E-state index is -4.39. The van der Waals surface area contributed by atoms with Gasteiger partial charge in [-0.1, -0.05) is 26.8 Å². The number of hydrogen-bond acceptors (Lipinski definition) is 8. The largest absolute Gasteiger partial charge is 0.465 e. The normalized spacial score (nSPS) is 17.5. The van der Waals surface area contributed by atoms with Crippen molar-refractivity contribution in [3.63, 3.8) is 0 Å². The van der Waals surface area contributed by atoms with Gasteiger partial charge in [0.25, 0.3) is 15.9 Å². The summed E-state index contributed by atoms with van der Waals surface area (Å²) in [5.74, 6) is -2.00. The Morgan fingerprint density at radius 3 is 2.51 bits per heavy atom. The summed E-state index contributed by atoms with van der Waals surface area (Å²) < 4.78 is 47.4. The van der Waals surface area contributed by atoms with Crippen LogP contribution in [-0.2, 0) is 20.2 Å². The van der Waals surface area contributed by atoms with Gasteiger partial charge in [0.15, 0.2) is 5.03 Å². The maximum absolute atomic E-state index is 14.4. The lowest BCUT2D eigenvalue weighted by Gasteiger charge is -2.27. The molecule has 1 aliphatic rings. The summed E-state index contributed by atoms with van der Waals surface area (Å²) >= 11 is 0. The van der Waals surface area contributed by atoms with Crippen molar-refractivity contribution in [2.45, 2.75) is 63.1 Å². The predicted molar refractivity (Wildman–Crippen MR) is 133 cm³/mol. The molecule has 1 fully saturated rings. The van der Waals surface area contributed by atoms with Crippen LogP contribution in [-0.4, -0.2) is 71.7 Å². The van der Waals surface area contributed by atoms with Gasteiger partial charge in [-0.05, 0) is 44.5 Å². The first-order valence-corrected chi connectivity index (χ1v) is 13.2. The molecule has 1 atom stereocenters. The molecule has 0 saturated carbocycles. The van der Waals surface area contributed by atoms with Crippen molar-refractivity contribution in [2.24, 2.45) is 0 Å². The zero-order chi connectivity index (χ0) is 27.6. The van der Waals surface area contributed by atoms with E-state index in [0.717, 1.165) is 0 Å². The molecular formula is C24H32FN5O6S. The molecule has 2 amide bonds. The summed E-state index contributed by atoms with van der Waals surface area (Å²) in [5.41, 5.74) is -1.05. The first kappa shape index (κ1) is 28.3. The van der Waals surface area contributed by atoms with E-state index in [1.54, 1.807) is 6.07 Å². The molecule has 13 heteroatoms. The number of halogens is 1. The van der Waals surface area contributed by atoms with E-state index in [9.17, 15) is 27.5 Å². The number of pyridine rings is 2. The highest BCUT2D eigenvalue weighted by atomic mass is 32.2. The second-order valence-electron chi connectivity index (χ2n) is 10.4. The van der Waals surface area contributed by atoms with Crippen LogP contribution in [0.3, 0.4) is 0 Å². The van der Waals surface area contributed by atoms with Crippen LogP contribution in [0, 0.1) is 5.95 Å². The molecule has 0 radical (unpaired) electrons. The highest BCUT2D eigenvalue weighted by Gasteiger charge is 2.41. The van der Waals surface area contributed by atoms with Gasteiger partial charge in [0.2, 0.25) is 5.95 Å². The number of carbonyl (C=O) groups is 2. The zero-order valence-electron chi connectivity index (χ0n) is 21.4. The van der Waals surface area contributed by atoms with E-state index in [4.69, 9.17) is 4.74 Å². The Bertz CT molecular complexity index is 1280. The topological polar surface area (TPSA) is 151 Å². The maximum Gasteiger partial charge on any atom is 0.407 e. The number of anilines is 1. The summed E-state index contributed by atoms with van der Waals surface area (Å²) in [6, 6.07) is 6.86. The molecule has 1 unspecified atom stereocenters. The van der Waals surface area contributed by atoms with Gasteiger partial charge in [0.1, 0.15) is 5.82 Å². The molecule has 37 heavy (non-hydrogen) atoms. The van der Waals surface area contributed by atoms with Crippen LogP contribution in [0.1, 0.15) is 57.1 Å². The Hall–Kier alpha value is -3.32. The fourth-order valence-electron chi connectivity index (χ4n) is 3.95. The Labute approximate surface area is 215 Å². The van der Waals surface area contributed by atoms with Crippen LogP contribution >= 0.6 is 0 Å². The summed E-state index contributed by atoms with van der Waals surface area (Å²) in [6.45, 7) is 9.96. The average Bonchev–Trinajstić information content (AvgIpc) is 3.10. The van der Waals surface area contributed by atoms with E-state index >= 15 is 0 Å². The molecule has 0 aliphatic carbocycles. The molecule has 3 heterocycles. The van der Waals surface area contributed by atoms with Crippen molar-refractivity contribution in [3.8, 4) is 0 Å². The average molecular weight is 538 g/mol. The lowest BCUT2D eigenvalue weighted by atomic mass is 9.91. The standard InChI is InChI=1S/C24H32FN5O6S/c1-23(2,3)17-10-9-16(20(25)27-17)21(31)29-37(34,35)19-8-6-7-18(28-19)26-11-12-36-15-13-24(4,5)30(14-15)22(32)33/h6-10,15H,11-14H2,1-5H3,(H,26,28)(H,29,31)(H,32,33). The Balaban J connectivity index is 1.58. The molecule has 3 N–H and O–H groups in total. The van der Waals surface area contributed by atoms with Crippen molar-refractivity contribution in [2.75, 3.05) is 25.0 Å². The third-order valence-electron chi connectivity index (χ3n) is 5.92. The Kier molecular flexibility index (Phi) is 8.08. The molecular weight excluding hydrogens is 505 g/mol. The summed E-state index contributed by atoms with van der Waals surface area (Å²) in [6.07, 6.45) is -0.695. The molecule has 3 rings (SSSR count). The molecule has 202 valence electrons. The van der Waals surface area contributed by atoms with E-state index in [2.05, 4.69) is 15.3 Å². The number of nitrogens with zero attached hydrogens (tertiary/aromatic N) is 3. The number of carboxylic acid groups (broad SMARTS) is 1. The van der Waals surface area contributed by atoms with Gasteiger partial charge >= 0.3 is 6.09 Å². The number of ether oxygens (including phenoxy) is 1. The van der Waals surface area contributed by atoms with Crippen LogP contribution in [0.5, 0.6) is 0 Å². The molecule has 0 bridgehead atoms. The molecule has 0 aromatic carbocycles. The monoisotopic (exact) mass is 537 g/mol. The van der Waals surface area contributed by atoms with Crippen molar-refractivity contribution in [1.82, 2.24) is 19.6 Å². The number of sulfonamides is 1. The van der Waals surface area contributed by atoms with E-state index in [1.807, 2.05) is 39.3 Å². The first-order chi connectivity index (χ1) is 17.1. The number of hydrogen-bond donors (Lipinski definition) is 3. The summed E-state index contributed by atoms with van der Waals surface area (Å²) in [4.78, 5) is 33.0. The number of nitrogens with one attached hydrogen (secondary N) is 2. The molecule has 0 spiro atoms. The molecule has 11 nitrogen and oxygen atoms in total. The van der Waals surface area contributed by atoms with Crippen LogP contribution in [0.2, 0.25) is 0 Å². The Morgan fingerprint density at radius 1 is 1.22 bits per heavy atom. The van der Waals surface area contributed by atoms with E-state index in [-0.39, 0.29) is 31.6 Å². The minimum Gasteiger partial charge on any atom is -0.465 e. The molecule has 2 aromatic heterocycles. The Morgan fingerprint density at radius 2 is 1.92 bits per heavy atom. The number of amides is 2.